The molecule has 28 heavy (non-hydrogen) atoms. The Labute approximate surface area is 167 Å². The number of piperidine rings is 1. The standard InChI is InChI=1S/C23H33N3O2/c27-21(13-23-10-16-6-17(11-23)8-18(7-16)12-23)26-5-1-2-15(14-26)9-20-24-22(25-28-20)19-3-4-19/h15-19H,1-14H2. The third kappa shape index (κ3) is 3.29. The number of carbonyl (C=O) groups excluding carboxylic acids is 1. The molecule has 6 aliphatic rings. The van der Waals surface area contributed by atoms with Gasteiger partial charge < -0.3 is 9.42 Å². The largest absolute Gasteiger partial charge is 0.342 e. The molecule has 1 atom stereocenters. The van der Waals surface area contributed by atoms with Crippen LogP contribution in [-0.2, 0) is 11.2 Å². The lowest BCUT2D eigenvalue weighted by molar-refractivity contribution is -0.141. The summed E-state index contributed by atoms with van der Waals surface area (Å²) >= 11 is 0. The first kappa shape index (κ1) is 17.5. The zero-order valence-electron chi connectivity index (χ0n) is 16.9. The van der Waals surface area contributed by atoms with Crippen LogP contribution in [0.1, 0.15) is 88.3 Å². The predicted molar refractivity (Wildman–Crippen MR) is 105 cm³/mol. The average Bonchev–Trinajstić information content (AvgIpc) is 3.40. The fourth-order valence-corrected chi connectivity index (χ4v) is 7.50. The maximum absolute atomic E-state index is 13.3. The topological polar surface area (TPSA) is 59.2 Å². The molecule has 1 unspecified atom stereocenters. The van der Waals surface area contributed by atoms with E-state index in [1.807, 2.05) is 0 Å². The van der Waals surface area contributed by atoms with Gasteiger partial charge in [0, 0.05) is 31.8 Å². The van der Waals surface area contributed by atoms with Crippen molar-refractivity contribution in [3.8, 4) is 0 Å². The molecule has 4 bridgehead atoms. The van der Waals surface area contributed by atoms with Crippen molar-refractivity contribution in [2.75, 3.05) is 13.1 Å². The number of amides is 1. The quantitative estimate of drug-likeness (QED) is 0.759. The summed E-state index contributed by atoms with van der Waals surface area (Å²) in [6, 6.07) is 0. The van der Waals surface area contributed by atoms with Crippen LogP contribution in [0.3, 0.4) is 0 Å². The van der Waals surface area contributed by atoms with Crippen molar-refractivity contribution in [2.24, 2.45) is 29.1 Å². The maximum atomic E-state index is 13.3. The van der Waals surface area contributed by atoms with Crippen LogP contribution < -0.4 is 0 Å². The minimum atomic E-state index is 0.352. The number of hydrogen-bond donors (Lipinski definition) is 0. The normalized spacial score (nSPS) is 39.5. The van der Waals surface area contributed by atoms with Gasteiger partial charge in [0.25, 0.3) is 0 Å². The van der Waals surface area contributed by atoms with Gasteiger partial charge in [0.2, 0.25) is 11.8 Å². The Morgan fingerprint density at radius 1 is 1.07 bits per heavy atom. The molecular weight excluding hydrogens is 350 g/mol. The second-order valence-corrected chi connectivity index (χ2v) is 11.0. The number of rotatable bonds is 5. The van der Waals surface area contributed by atoms with Gasteiger partial charge >= 0.3 is 0 Å². The maximum Gasteiger partial charge on any atom is 0.226 e. The molecule has 5 nitrogen and oxygen atoms in total. The summed E-state index contributed by atoms with van der Waals surface area (Å²) in [5.74, 6) is 5.89. The van der Waals surface area contributed by atoms with Crippen molar-refractivity contribution in [3.63, 3.8) is 0 Å². The van der Waals surface area contributed by atoms with Gasteiger partial charge in [-0.05, 0) is 93.3 Å². The van der Waals surface area contributed by atoms with Crippen molar-refractivity contribution in [1.82, 2.24) is 15.0 Å². The number of nitrogens with zero attached hydrogens (tertiary/aromatic N) is 3. The highest BCUT2D eigenvalue weighted by Crippen LogP contribution is 2.61. The van der Waals surface area contributed by atoms with E-state index in [-0.39, 0.29) is 0 Å². The van der Waals surface area contributed by atoms with Crippen LogP contribution in [0.5, 0.6) is 0 Å². The van der Waals surface area contributed by atoms with E-state index >= 15 is 0 Å². The SMILES string of the molecule is O=C(CC12CC3CC(CC(C3)C1)C2)N1CCCC(Cc2nc(C3CC3)no2)C1. The molecule has 1 saturated heterocycles. The minimum absolute atomic E-state index is 0.352. The molecule has 5 heteroatoms. The number of aromatic nitrogens is 2. The first-order valence-corrected chi connectivity index (χ1v) is 11.7. The molecule has 7 rings (SSSR count). The number of carbonyl (C=O) groups is 1. The highest BCUT2D eigenvalue weighted by Gasteiger charge is 2.51. The molecule has 1 amide bonds. The molecule has 0 spiro atoms. The fraction of sp³-hybridized carbons (Fsp3) is 0.870. The second kappa shape index (κ2) is 6.56. The Bertz CT molecular complexity index is 717. The predicted octanol–water partition coefficient (Wildman–Crippen LogP) is 4.33. The van der Waals surface area contributed by atoms with Crippen molar-refractivity contribution in [3.05, 3.63) is 11.7 Å². The van der Waals surface area contributed by atoms with E-state index in [9.17, 15) is 4.79 Å². The summed E-state index contributed by atoms with van der Waals surface area (Å²) in [7, 11) is 0. The summed E-state index contributed by atoms with van der Waals surface area (Å²) in [4.78, 5) is 20.0. The molecule has 152 valence electrons. The summed E-state index contributed by atoms with van der Waals surface area (Å²) < 4.78 is 5.49. The first-order valence-electron chi connectivity index (χ1n) is 11.7. The average molecular weight is 384 g/mol. The summed E-state index contributed by atoms with van der Waals surface area (Å²) in [5, 5.41) is 4.15. The Balaban J connectivity index is 1.08. The van der Waals surface area contributed by atoms with Crippen molar-refractivity contribution < 1.29 is 9.32 Å². The molecule has 1 aromatic rings. The van der Waals surface area contributed by atoms with Gasteiger partial charge in [-0.2, -0.15) is 4.98 Å². The minimum Gasteiger partial charge on any atom is -0.342 e. The van der Waals surface area contributed by atoms with E-state index in [2.05, 4.69) is 15.0 Å². The highest BCUT2D eigenvalue weighted by molar-refractivity contribution is 5.77. The number of hydrogen-bond acceptors (Lipinski definition) is 4. The van der Waals surface area contributed by atoms with Gasteiger partial charge in [-0.3, -0.25) is 4.79 Å². The molecule has 1 aliphatic heterocycles. The highest BCUT2D eigenvalue weighted by atomic mass is 16.5. The Hall–Kier alpha value is -1.39. The Morgan fingerprint density at radius 2 is 1.79 bits per heavy atom. The third-order valence-corrected chi connectivity index (χ3v) is 8.45. The van der Waals surface area contributed by atoms with E-state index in [0.717, 1.165) is 61.8 Å². The van der Waals surface area contributed by atoms with Gasteiger partial charge in [-0.1, -0.05) is 5.16 Å². The molecule has 1 aromatic heterocycles. The van der Waals surface area contributed by atoms with Crippen molar-refractivity contribution in [2.45, 2.75) is 83.0 Å². The van der Waals surface area contributed by atoms with Gasteiger partial charge in [-0.25, -0.2) is 0 Å². The van der Waals surface area contributed by atoms with E-state index in [1.54, 1.807) is 0 Å². The zero-order valence-corrected chi connectivity index (χ0v) is 16.9. The second-order valence-electron chi connectivity index (χ2n) is 11.0. The number of likely N-dealkylation sites (tertiary alicyclic amines) is 1. The van der Waals surface area contributed by atoms with Crippen LogP contribution in [0.15, 0.2) is 4.52 Å². The molecule has 5 aliphatic carbocycles. The van der Waals surface area contributed by atoms with Crippen LogP contribution >= 0.6 is 0 Å². The van der Waals surface area contributed by atoms with Crippen LogP contribution in [-0.4, -0.2) is 34.0 Å². The lowest BCUT2D eigenvalue weighted by Gasteiger charge is -2.57. The molecule has 2 heterocycles. The van der Waals surface area contributed by atoms with Crippen LogP contribution in [0.2, 0.25) is 0 Å². The zero-order chi connectivity index (χ0) is 18.7. The molecule has 6 fully saturated rings. The van der Waals surface area contributed by atoms with Crippen molar-refractivity contribution >= 4 is 5.91 Å². The Kier molecular flexibility index (Phi) is 4.09. The van der Waals surface area contributed by atoms with E-state index in [0.29, 0.717) is 23.2 Å². The van der Waals surface area contributed by atoms with Gasteiger partial charge in [0.1, 0.15) is 0 Å². The van der Waals surface area contributed by atoms with Crippen molar-refractivity contribution in [1.29, 1.82) is 0 Å². The fourth-order valence-electron chi connectivity index (χ4n) is 7.50. The smallest absolute Gasteiger partial charge is 0.226 e. The van der Waals surface area contributed by atoms with Gasteiger partial charge in [-0.15, -0.1) is 0 Å². The molecular formula is C23H33N3O2. The van der Waals surface area contributed by atoms with E-state index in [4.69, 9.17) is 4.52 Å². The van der Waals surface area contributed by atoms with E-state index < -0.39 is 0 Å². The van der Waals surface area contributed by atoms with E-state index in [1.165, 1.54) is 57.8 Å². The van der Waals surface area contributed by atoms with Crippen LogP contribution in [0.25, 0.3) is 0 Å². The summed E-state index contributed by atoms with van der Waals surface area (Å²) in [6.45, 7) is 1.82. The summed E-state index contributed by atoms with van der Waals surface area (Å²) in [5.41, 5.74) is 0.352. The lowest BCUT2D eigenvalue weighted by Crippen LogP contribution is -2.49. The first-order chi connectivity index (χ1) is 13.6. The Morgan fingerprint density at radius 3 is 2.46 bits per heavy atom. The lowest BCUT2D eigenvalue weighted by atomic mass is 9.49. The monoisotopic (exact) mass is 383 g/mol. The molecule has 0 radical (unpaired) electrons. The molecule has 0 aromatic carbocycles. The van der Waals surface area contributed by atoms with Crippen LogP contribution in [0, 0.1) is 29.1 Å². The van der Waals surface area contributed by atoms with Crippen LogP contribution in [0.4, 0.5) is 0 Å². The summed E-state index contributed by atoms with van der Waals surface area (Å²) in [6.07, 6.45) is 14.7. The van der Waals surface area contributed by atoms with Gasteiger partial charge in [0.15, 0.2) is 5.82 Å². The third-order valence-electron chi connectivity index (χ3n) is 8.45. The molecule has 5 saturated carbocycles. The molecule has 0 N–H and O–H groups in total. The van der Waals surface area contributed by atoms with Gasteiger partial charge in [0.05, 0.1) is 0 Å².